The second-order valence-electron chi connectivity index (χ2n) is 3.40. The van der Waals surface area contributed by atoms with Crippen molar-refractivity contribution in [1.82, 2.24) is 0 Å². The van der Waals surface area contributed by atoms with Gasteiger partial charge in [0.1, 0.15) is 0 Å². The van der Waals surface area contributed by atoms with Gasteiger partial charge in [0.05, 0.1) is 0 Å². The number of unbranched alkanes of at least 4 members (excludes halogenated alkanes) is 4. The molecule has 76 valence electrons. The lowest BCUT2D eigenvalue weighted by Gasteiger charge is -1.93. The molecule has 0 aliphatic heterocycles. The number of hydrogen-bond donors (Lipinski definition) is 1. The van der Waals surface area contributed by atoms with Crippen molar-refractivity contribution < 1.29 is 4.80 Å². The second-order valence-corrected chi connectivity index (χ2v) is 5.27. The highest BCUT2D eigenvalue weighted by atomic mass is 28.3. The van der Waals surface area contributed by atoms with E-state index in [0.717, 1.165) is 0 Å². The van der Waals surface area contributed by atoms with E-state index in [-0.39, 0.29) is 0 Å². The maximum absolute atomic E-state index is 9.04. The summed E-state index contributed by atoms with van der Waals surface area (Å²) in [6.45, 7) is 4.12. The molecule has 0 amide bonds. The lowest BCUT2D eigenvalue weighted by atomic mass is 10.1. The molecule has 0 bridgehead atoms. The Morgan fingerprint density at radius 2 is 1.92 bits per heavy atom. The van der Waals surface area contributed by atoms with Gasteiger partial charge in [-0.3, -0.25) is 0 Å². The van der Waals surface area contributed by atoms with Crippen LogP contribution in [0.15, 0.2) is 23.9 Å². The molecule has 0 aliphatic rings. The molecule has 1 N–H and O–H groups in total. The van der Waals surface area contributed by atoms with E-state index in [0.29, 0.717) is 0 Å². The minimum absolute atomic E-state index is 1.17. The minimum Gasteiger partial charge on any atom is -0.431 e. The lowest BCUT2D eigenvalue weighted by molar-refractivity contribution is 0.593. The molecule has 0 aromatic carbocycles. The topological polar surface area (TPSA) is 20.2 Å². The molecule has 0 radical (unpaired) electrons. The first-order valence-corrected chi connectivity index (χ1v) is 7.62. The monoisotopic (exact) mass is 198 g/mol. The van der Waals surface area contributed by atoms with Gasteiger partial charge in [0.15, 0.2) is 9.04 Å². The first-order valence-electron chi connectivity index (χ1n) is 5.28. The summed E-state index contributed by atoms with van der Waals surface area (Å²) < 4.78 is 0. The number of rotatable bonds is 7. The van der Waals surface area contributed by atoms with Crippen LogP contribution in [0, 0.1) is 0 Å². The van der Waals surface area contributed by atoms with Gasteiger partial charge in [-0.15, -0.1) is 0 Å². The van der Waals surface area contributed by atoms with Gasteiger partial charge in [0, 0.05) is 0 Å². The Bertz CT molecular complexity index is 150. The van der Waals surface area contributed by atoms with Crippen LogP contribution in [0.5, 0.6) is 0 Å². The molecule has 0 fully saturated rings. The molecular formula is C11H22OSi. The Morgan fingerprint density at radius 3 is 2.54 bits per heavy atom. The predicted molar refractivity (Wildman–Crippen MR) is 62.3 cm³/mol. The molecule has 0 aromatic heterocycles. The fraction of sp³-hybridized carbons (Fsp3) is 0.636. The van der Waals surface area contributed by atoms with Crippen molar-refractivity contribution in [3.8, 4) is 0 Å². The Morgan fingerprint density at radius 1 is 1.15 bits per heavy atom. The minimum atomic E-state index is -1.47. The third-order valence-electron chi connectivity index (χ3n) is 1.86. The van der Waals surface area contributed by atoms with E-state index < -0.39 is 9.04 Å². The quantitative estimate of drug-likeness (QED) is 0.379. The zero-order valence-electron chi connectivity index (χ0n) is 8.87. The third-order valence-corrected chi connectivity index (χ3v) is 2.64. The molecule has 0 saturated heterocycles. The molecule has 1 nitrogen and oxygen atoms in total. The van der Waals surface area contributed by atoms with Crippen LogP contribution in [-0.4, -0.2) is 13.8 Å². The van der Waals surface area contributed by atoms with E-state index in [1.54, 1.807) is 0 Å². The van der Waals surface area contributed by atoms with Crippen molar-refractivity contribution in [1.29, 1.82) is 0 Å². The van der Waals surface area contributed by atoms with E-state index in [4.69, 9.17) is 4.80 Å². The molecule has 0 aromatic rings. The molecule has 2 heteroatoms. The lowest BCUT2D eigenvalue weighted by Crippen LogP contribution is -1.98. The zero-order valence-corrected chi connectivity index (χ0v) is 10.0. The molecule has 0 spiro atoms. The Hall–Kier alpha value is -0.343. The SMILES string of the molecule is CCCCCC/C=C/C=C/[SiH](C)O. The van der Waals surface area contributed by atoms with Gasteiger partial charge >= 0.3 is 0 Å². The highest BCUT2D eigenvalue weighted by Gasteiger charge is 1.85. The average Bonchev–Trinajstić information content (AvgIpc) is 2.09. The summed E-state index contributed by atoms with van der Waals surface area (Å²) in [4.78, 5) is 9.04. The van der Waals surface area contributed by atoms with Gasteiger partial charge in [0.25, 0.3) is 0 Å². The summed E-state index contributed by atoms with van der Waals surface area (Å²) in [7, 11) is -1.47. The van der Waals surface area contributed by atoms with E-state index in [1.807, 2.05) is 24.4 Å². The molecule has 1 unspecified atom stereocenters. The largest absolute Gasteiger partial charge is 0.431 e. The van der Waals surface area contributed by atoms with E-state index >= 15 is 0 Å². The van der Waals surface area contributed by atoms with Crippen molar-refractivity contribution in [2.45, 2.75) is 45.6 Å². The van der Waals surface area contributed by atoms with Crippen molar-refractivity contribution in [3.05, 3.63) is 23.9 Å². The summed E-state index contributed by atoms with van der Waals surface area (Å²) in [5.41, 5.74) is 1.92. The Balaban J connectivity index is 3.21. The fourth-order valence-electron chi connectivity index (χ4n) is 1.09. The first kappa shape index (κ1) is 12.7. The average molecular weight is 198 g/mol. The summed E-state index contributed by atoms with van der Waals surface area (Å²) in [6.07, 6.45) is 12.7. The van der Waals surface area contributed by atoms with Gasteiger partial charge in [0.2, 0.25) is 0 Å². The fourth-order valence-corrected chi connectivity index (χ4v) is 1.54. The molecule has 1 atom stereocenters. The maximum Gasteiger partial charge on any atom is 0.193 e. The van der Waals surface area contributed by atoms with Gasteiger partial charge < -0.3 is 4.80 Å². The van der Waals surface area contributed by atoms with Crippen LogP contribution in [0.2, 0.25) is 6.55 Å². The van der Waals surface area contributed by atoms with E-state index in [2.05, 4.69) is 13.0 Å². The summed E-state index contributed by atoms with van der Waals surface area (Å²) in [6, 6.07) is 0. The number of allylic oxidation sites excluding steroid dienone is 3. The van der Waals surface area contributed by atoms with Crippen LogP contribution < -0.4 is 0 Å². The molecular weight excluding hydrogens is 176 g/mol. The summed E-state index contributed by atoms with van der Waals surface area (Å²) in [5.74, 6) is 0. The van der Waals surface area contributed by atoms with E-state index in [9.17, 15) is 0 Å². The summed E-state index contributed by atoms with van der Waals surface area (Å²) in [5, 5.41) is 0. The van der Waals surface area contributed by atoms with Crippen molar-refractivity contribution in [2.24, 2.45) is 0 Å². The molecule has 13 heavy (non-hydrogen) atoms. The van der Waals surface area contributed by atoms with Gasteiger partial charge in [-0.05, 0) is 19.4 Å². The highest BCUT2D eigenvalue weighted by molar-refractivity contribution is 6.54. The molecule has 0 heterocycles. The first-order chi connectivity index (χ1) is 6.27. The normalized spacial score (nSPS) is 14.4. The smallest absolute Gasteiger partial charge is 0.193 e. The van der Waals surface area contributed by atoms with Crippen LogP contribution >= 0.6 is 0 Å². The molecule has 0 rings (SSSR count). The van der Waals surface area contributed by atoms with Crippen LogP contribution in [0.25, 0.3) is 0 Å². The van der Waals surface area contributed by atoms with Crippen molar-refractivity contribution in [3.63, 3.8) is 0 Å². The Kier molecular flexibility index (Phi) is 9.49. The molecule has 0 saturated carbocycles. The van der Waals surface area contributed by atoms with Crippen LogP contribution in [0.4, 0.5) is 0 Å². The van der Waals surface area contributed by atoms with Crippen LogP contribution in [0.1, 0.15) is 39.0 Å². The standard InChI is InChI=1S/C11H22OSi/c1-3-4-5-6-7-8-9-10-11-13(2)12/h8-13H,3-7H2,1-2H3/b9-8+,11-10+. The third kappa shape index (κ3) is 11.7. The zero-order chi connectivity index (χ0) is 9.94. The Labute approximate surface area is 83.9 Å². The second kappa shape index (κ2) is 9.74. The van der Waals surface area contributed by atoms with Gasteiger partial charge in [-0.2, -0.15) is 0 Å². The maximum atomic E-state index is 9.04. The van der Waals surface area contributed by atoms with Crippen molar-refractivity contribution in [2.75, 3.05) is 0 Å². The van der Waals surface area contributed by atoms with Gasteiger partial charge in [-0.25, -0.2) is 0 Å². The molecule has 0 aliphatic carbocycles. The van der Waals surface area contributed by atoms with Crippen LogP contribution in [0.3, 0.4) is 0 Å². The highest BCUT2D eigenvalue weighted by Crippen LogP contribution is 2.02. The van der Waals surface area contributed by atoms with Crippen molar-refractivity contribution >= 4 is 9.04 Å². The summed E-state index contributed by atoms with van der Waals surface area (Å²) >= 11 is 0. The number of hydrogen-bond acceptors (Lipinski definition) is 1. The predicted octanol–water partition coefficient (Wildman–Crippen LogP) is 2.95. The van der Waals surface area contributed by atoms with Gasteiger partial charge in [-0.1, -0.05) is 50.1 Å². The van der Waals surface area contributed by atoms with Crippen LogP contribution in [-0.2, 0) is 0 Å². The van der Waals surface area contributed by atoms with E-state index in [1.165, 1.54) is 32.1 Å².